The quantitative estimate of drug-likeness (QED) is 0.446. The van der Waals surface area contributed by atoms with Gasteiger partial charge in [-0.2, -0.15) is 0 Å². The molecule has 18 heavy (non-hydrogen) atoms. The zero-order valence-corrected chi connectivity index (χ0v) is 15.1. The summed E-state index contributed by atoms with van der Waals surface area (Å²) in [6.45, 7) is 0. The standard InChI is InChI=1S/C10H8Cl3N2S2Te/c11-18(12,13)14-7-3-1-5-9(14)16-17-10-6-2-4-8-15(10)18/h1-8H/q+2. The summed E-state index contributed by atoms with van der Waals surface area (Å²) in [4.78, 5) is 0. The van der Waals surface area contributed by atoms with Crippen LogP contribution in [0.2, 0.25) is 0 Å². The number of aromatic nitrogens is 2. The molecule has 0 fully saturated rings. The van der Waals surface area contributed by atoms with Gasteiger partial charge in [-0.1, -0.05) is 0 Å². The maximum atomic E-state index is 6.72. The van der Waals surface area contributed by atoms with E-state index in [1.165, 1.54) is 0 Å². The number of fused-ring (bicyclic) bond motifs is 2. The minimum absolute atomic E-state index is 0.962. The molecule has 1 aliphatic heterocycles. The molecule has 3 rings (SSSR count). The second kappa shape index (κ2) is 4.60. The van der Waals surface area contributed by atoms with Crippen LogP contribution in [0.3, 0.4) is 0 Å². The molecule has 0 unspecified atom stereocenters. The summed E-state index contributed by atoms with van der Waals surface area (Å²) in [5.74, 6) is 0. The Kier molecular flexibility index (Phi) is 3.48. The zero-order valence-electron chi connectivity index (χ0n) is 8.87. The van der Waals surface area contributed by atoms with E-state index in [1.54, 1.807) is 21.6 Å². The Labute approximate surface area is 126 Å². The predicted molar refractivity (Wildman–Crippen MR) is 79.1 cm³/mol. The first-order valence-electron chi connectivity index (χ1n) is 4.94. The molecule has 1 radical (unpaired) electrons. The fraction of sp³-hybridized carbons (Fsp3) is 0. The first-order chi connectivity index (χ1) is 8.47. The summed E-state index contributed by atoms with van der Waals surface area (Å²) >= 11 is -4.55. The summed E-state index contributed by atoms with van der Waals surface area (Å²) in [5, 5.41) is 1.92. The van der Waals surface area contributed by atoms with Gasteiger partial charge in [-0.25, -0.2) is 0 Å². The van der Waals surface area contributed by atoms with Gasteiger partial charge in [0.25, 0.3) is 0 Å². The van der Waals surface area contributed by atoms with Gasteiger partial charge in [-0.05, 0) is 0 Å². The van der Waals surface area contributed by atoms with Crippen molar-refractivity contribution < 1.29 is 5.64 Å². The van der Waals surface area contributed by atoms with E-state index in [0.29, 0.717) is 0 Å². The molecule has 0 atom stereocenters. The van der Waals surface area contributed by atoms with Crippen LogP contribution in [0.15, 0.2) is 58.8 Å². The summed E-state index contributed by atoms with van der Waals surface area (Å²) in [6, 6.07) is 11.6. The van der Waals surface area contributed by atoms with E-state index in [0.717, 1.165) is 10.1 Å². The Morgan fingerprint density at radius 1 is 0.778 bits per heavy atom. The summed E-state index contributed by atoms with van der Waals surface area (Å²) in [7, 11) is 23.4. The number of hydrogen-bond acceptors (Lipinski definition) is 2. The van der Waals surface area contributed by atoms with Crippen LogP contribution >= 0.6 is 48.5 Å². The molecule has 2 nitrogen and oxygen atoms in total. The van der Waals surface area contributed by atoms with Crippen LogP contribution < -0.4 is 5.64 Å². The van der Waals surface area contributed by atoms with Gasteiger partial charge in [-0.15, -0.1) is 0 Å². The molecule has 0 saturated heterocycles. The second-order valence-corrected chi connectivity index (χ2v) is 26.8. The van der Waals surface area contributed by atoms with Crippen LogP contribution in [0.4, 0.5) is 0 Å². The number of nitrogens with zero attached hydrogens (tertiary/aromatic N) is 2. The van der Waals surface area contributed by atoms with Crippen molar-refractivity contribution >= 4 is 62.5 Å². The first-order valence-corrected chi connectivity index (χ1v) is 18.0. The fourth-order valence-electron chi connectivity index (χ4n) is 1.61. The van der Waals surface area contributed by atoms with Gasteiger partial charge < -0.3 is 0 Å². The van der Waals surface area contributed by atoms with Gasteiger partial charge in [-0.3, -0.25) is 0 Å². The van der Waals surface area contributed by atoms with Crippen LogP contribution in [0.25, 0.3) is 0 Å². The van der Waals surface area contributed by atoms with E-state index >= 15 is 0 Å². The molecule has 0 amide bonds. The molecule has 0 saturated carbocycles. The van der Waals surface area contributed by atoms with Crippen molar-refractivity contribution in [2.45, 2.75) is 10.1 Å². The van der Waals surface area contributed by atoms with Crippen molar-refractivity contribution in [2.75, 3.05) is 0 Å². The van der Waals surface area contributed by atoms with Crippen molar-refractivity contribution in [1.29, 1.82) is 0 Å². The van der Waals surface area contributed by atoms with Crippen LogP contribution in [-0.2, 0) is 0 Å². The third-order valence-electron chi connectivity index (χ3n) is 2.41. The third-order valence-corrected chi connectivity index (χ3v) is 16.9. The average molecular weight is 454 g/mol. The van der Waals surface area contributed by atoms with Crippen LogP contribution in [0.1, 0.15) is 0 Å². The van der Waals surface area contributed by atoms with E-state index in [2.05, 4.69) is 0 Å². The Morgan fingerprint density at radius 2 is 1.22 bits per heavy atom. The fourth-order valence-corrected chi connectivity index (χ4v) is 17.6. The van der Waals surface area contributed by atoms with Gasteiger partial charge in [0.15, 0.2) is 0 Å². The zero-order chi connectivity index (χ0) is 12.8. The molecule has 0 spiro atoms. The van der Waals surface area contributed by atoms with Crippen molar-refractivity contribution in [3.05, 3.63) is 48.8 Å². The molecule has 8 heteroatoms. The van der Waals surface area contributed by atoms with Crippen LogP contribution in [0, 0.1) is 0 Å². The number of hydrogen-bond donors (Lipinski definition) is 0. The normalized spacial score (nSPS) is 21.8. The maximum absolute atomic E-state index is 6.72. The molecular formula is C10H8Cl3N2S2Te+2. The Hall–Kier alpha value is 0.660. The Bertz CT molecular complexity index is 578. The van der Waals surface area contributed by atoms with Gasteiger partial charge >= 0.3 is 127 Å². The summed E-state index contributed by atoms with van der Waals surface area (Å²) in [5.41, 5.74) is 0. The molecule has 3 heterocycles. The van der Waals surface area contributed by atoms with Gasteiger partial charge in [0, 0.05) is 0 Å². The predicted octanol–water partition coefficient (Wildman–Crippen LogP) is 3.37. The minimum atomic E-state index is -4.55. The molecule has 95 valence electrons. The van der Waals surface area contributed by atoms with Crippen molar-refractivity contribution in [2.24, 2.45) is 0 Å². The van der Waals surface area contributed by atoms with Crippen molar-refractivity contribution in [3.63, 3.8) is 0 Å². The van der Waals surface area contributed by atoms with E-state index in [-0.39, 0.29) is 0 Å². The molecule has 2 aromatic rings. The van der Waals surface area contributed by atoms with E-state index in [1.807, 2.05) is 54.4 Å². The monoisotopic (exact) mass is 455 g/mol. The van der Waals surface area contributed by atoms with Crippen LogP contribution in [0.5, 0.6) is 0 Å². The number of rotatable bonds is 0. The van der Waals surface area contributed by atoms with Crippen molar-refractivity contribution in [1.82, 2.24) is 0 Å². The number of halogens is 3. The van der Waals surface area contributed by atoms with Gasteiger partial charge in [0.05, 0.1) is 0 Å². The van der Waals surface area contributed by atoms with E-state index in [4.69, 9.17) is 26.9 Å². The van der Waals surface area contributed by atoms with Gasteiger partial charge in [0.1, 0.15) is 0 Å². The first kappa shape index (κ1) is 13.6. The summed E-state index contributed by atoms with van der Waals surface area (Å²) in [6.07, 6.45) is 3.70. The molecule has 0 aromatic carbocycles. The second-order valence-electron chi connectivity index (χ2n) is 3.57. The topological polar surface area (TPSA) is 7.76 Å². The Balaban J connectivity index is 2.37. The SMILES string of the molecule is Cl[Te]1(Cl)(Cl)[n+]2ccccc2SSc2cccc[n+]21. The summed E-state index contributed by atoms with van der Waals surface area (Å²) < 4.78 is 3.66. The van der Waals surface area contributed by atoms with E-state index in [9.17, 15) is 0 Å². The third kappa shape index (κ3) is 2.14. The molecule has 0 N–H and O–H groups in total. The number of pyridine rings is 2. The Morgan fingerprint density at radius 3 is 1.67 bits per heavy atom. The molecule has 0 aliphatic carbocycles. The molecular weight excluding hydrogens is 446 g/mol. The average Bonchev–Trinajstić information content (AvgIpc) is 2.45. The molecule has 0 bridgehead atoms. The van der Waals surface area contributed by atoms with Gasteiger partial charge in [0.2, 0.25) is 0 Å². The van der Waals surface area contributed by atoms with Crippen LogP contribution in [-0.4, -0.2) is 14.0 Å². The molecule has 1 aliphatic rings. The van der Waals surface area contributed by atoms with E-state index < -0.39 is 14.0 Å². The van der Waals surface area contributed by atoms with Crippen molar-refractivity contribution in [3.8, 4) is 0 Å². The molecule has 2 aromatic heterocycles.